The van der Waals surface area contributed by atoms with Gasteiger partial charge in [-0.1, -0.05) is 33.5 Å². The van der Waals surface area contributed by atoms with Crippen molar-refractivity contribution in [1.29, 1.82) is 0 Å². The maximum absolute atomic E-state index is 10.3. The molecule has 6 heterocycles. The second-order valence-electron chi connectivity index (χ2n) is 16.3. The number of likely N-dealkylation sites (N-methyl/N-ethyl adjacent to an activating group) is 2. The first-order chi connectivity index (χ1) is 30.7. The fourth-order valence-electron chi connectivity index (χ4n) is 8.38. The molecule has 0 radical (unpaired) electrons. The van der Waals surface area contributed by atoms with Crippen LogP contribution < -0.4 is 29.9 Å². The lowest BCUT2D eigenvalue weighted by Gasteiger charge is -2.27. The summed E-state index contributed by atoms with van der Waals surface area (Å²) in [7, 11) is 3.55. The van der Waals surface area contributed by atoms with Crippen molar-refractivity contribution in [1.82, 2.24) is 40.9 Å². The van der Waals surface area contributed by atoms with Crippen LogP contribution in [0.4, 0.5) is 11.6 Å². The summed E-state index contributed by atoms with van der Waals surface area (Å²) in [5.74, 6) is 4.75. The van der Waals surface area contributed by atoms with E-state index < -0.39 is 12.2 Å². The Balaban J connectivity index is 1.12. The van der Waals surface area contributed by atoms with Gasteiger partial charge in [-0.25, -0.2) is 19.9 Å². The standard InChI is InChI=1S/C46H52Cl2N10O6/c1-23-41(39-25(3)55-63-27(39)5)51-43(35-13-33(9-11-37(35)47)61-21-31(59)15-49-7)53-45(23)57-17-29-19-58(20-30(29)18-57)46-24(2)42(40-26(4)56-64-28(40)6)52-44(54-46)36-14-34(10-12-38(36)48)62-22-32(60)16-50-8/h9-14,31-32,49-50,59-60H,15-22H2,1-8H3/t31-,32-/m1/s1. The van der Waals surface area contributed by atoms with Gasteiger partial charge in [0, 0.05) is 61.5 Å². The first-order valence-corrected chi connectivity index (χ1v) is 21.8. The molecule has 0 spiro atoms. The van der Waals surface area contributed by atoms with Crippen LogP contribution in [-0.2, 0) is 0 Å². The topological polar surface area (TPSA) is 193 Å². The van der Waals surface area contributed by atoms with Crippen molar-refractivity contribution in [2.45, 2.75) is 53.8 Å². The van der Waals surface area contributed by atoms with Gasteiger partial charge in [-0.2, -0.15) is 0 Å². The lowest BCUT2D eigenvalue weighted by molar-refractivity contribution is 0.108. The van der Waals surface area contributed by atoms with Gasteiger partial charge in [0.25, 0.3) is 0 Å². The molecule has 0 saturated carbocycles. The summed E-state index contributed by atoms with van der Waals surface area (Å²) in [6, 6.07) is 10.7. The number of nitrogens with one attached hydrogen (secondary N) is 2. The molecule has 2 atom stereocenters. The molecule has 6 aromatic rings. The van der Waals surface area contributed by atoms with Crippen molar-refractivity contribution in [2.24, 2.45) is 0 Å². The van der Waals surface area contributed by atoms with Crippen LogP contribution in [-0.4, -0.2) is 119 Å². The highest BCUT2D eigenvalue weighted by Gasteiger charge is 2.35. The van der Waals surface area contributed by atoms with Crippen molar-refractivity contribution >= 4 is 34.8 Å². The van der Waals surface area contributed by atoms with Gasteiger partial charge in [-0.3, -0.25) is 0 Å². The number of anilines is 2. The Hall–Kier alpha value is -5.62. The van der Waals surface area contributed by atoms with Gasteiger partial charge in [-0.05, 0) is 103 Å². The Kier molecular flexibility index (Phi) is 13.2. The van der Waals surface area contributed by atoms with E-state index in [4.69, 9.17) is 61.7 Å². The monoisotopic (exact) mass is 910 g/mol. The number of aromatic nitrogens is 6. The number of benzene rings is 2. The van der Waals surface area contributed by atoms with Gasteiger partial charge in [0.15, 0.2) is 11.6 Å². The molecule has 2 aromatic carbocycles. The Labute approximate surface area is 381 Å². The predicted octanol–water partition coefficient (Wildman–Crippen LogP) is 6.62. The molecule has 4 aromatic heterocycles. The third kappa shape index (κ3) is 9.03. The molecule has 64 heavy (non-hydrogen) atoms. The van der Waals surface area contributed by atoms with Crippen molar-refractivity contribution in [3.8, 4) is 56.8 Å². The molecule has 0 bridgehead atoms. The highest BCUT2D eigenvalue weighted by molar-refractivity contribution is 6.33. The van der Waals surface area contributed by atoms with Crippen molar-refractivity contribution in [3.05, 3.63) is 91.6 Å². The van der Waals surface area contributed by atoms with Crippen LogP contribution in [0.1, 0.15) is 34.0 Å². The van der Waals surface area contributed by atoms with Gasteiger partial charge in [0.1, 0.15) is 60.1 Å². The van der Waals surface area contributed by atoms with Crippen LogP contribution in [0.3, 0.4) is 0 Å². The van der Waals surface area contributed by atoms with Crippen LogP contribution in [0.15, 0.2) is 56.6 Å². The summed E-state index contributed by atoms with van der Waals surface area (Å²) in [4.78, 5) is 25.1. The van der Waals surface area contributed by atoms with Gasteiger partial charge < -0.3 is 49.2 Å². The molecule has 8 rings (SSSR count). The Morgan fingerprint density at radius 2 is 1.02 bits per heavy atom. The molecule has 2 aliphatic rings. The quantitative estimate of drug-likeness (QED) is 0.0757. The average Bonchev–Trinajstić information content (AvgIpc) is 4.03. The number of aryl methyl sites for hydroxylation is 4. The molecular weight excluding hydrogens is 859 g/mol. The highest BCUT2D eigenvalue weighted by Crippen LogP contribution is 2.42. The molecule has 0 aliphatic carbocycles. The first kappa shape index (κ1) is 45.0. The Morgan fingerprint density at radius 3 is 1.36 bits per heavy atom. The zero-order valence-electron chi connectivity index (χ0n) is 37.1. The fourth-order valence-corrected chi connectivity index (χ4v) is 8.78. The lowest BCUT2D eigenvalue weighted by atomic mass is 10.0. The maximum Gasteiger partial charge on any atom is 0.163 e. The number of aliphatic hydroxyl groups excluding tert-OH is 2. The summed E-state index contributed by atoms with van der Waals surface area (Å²) in [6.45, 7) is 15.1. The molecule has 336 valence electrons. The fraction of sp³-hybridized carbons (Fsp3) is 0.391. The predicted molar refractivity (Wildman–Crippen MR) is 247 cm³/mol. The number of aliphatic hydroxyl groups is 2. The number of rotatable bonds is 16. The van der Waals surface area contributed by atoms with E-state index in [9.17, 15) is 10.2 Å². The minimum absolute atomic E-state index is 0.102. The van der Waals surface area contributed by atoms with E-state index in [2.05, 4.69) is 30.7 Å². The highest BCUT2D eigenvalue weighted by atomic mass is 35.5. The van der Waals surface area contributed by atoms with Gasteiger partial charge in [0.2, 0.25) is 0 Å². The number of nitrogens with zero attached hydrogens (tertiary/aromatic N) is 8. The Morgan fingerprint density at radius 1 is 0.625 bits per heavy atom. The summed E-state index contributed by atoms with van der Waals surface area (Å²) in [6.07, 6.45) is -1.37. The van der Waals surface area contributed by atoms with Crippen LogP contribution in [0.25, 0.3) is 45.3 Å². The smallest absolute Gasteiger partial charge is 0.163 e. The van der Waals surface area contributed by atoms with Crippen LogP contribution in [0.2, 0.25) is 10.0 Å². The number of ether oxygens (including phenoxy) is 2. The minimum Gasteiger partial charge on any atom is -0.491 e. The van der Waals surface area contributed by atoms with Gasteiger partial charge in [-0.15, -0.1) is 0 Å². The first-order valence-electron chi connectivity index (χ1n) is 21.1. The molecule has 4 N–H and O–H groups in total. The van der Waals surface area contributed by atoms with E-state index in [1.807, 2.05) is 41.5 Å². The van der Waals surface area contributed by atoms with Crippen LogP contribution in [0.5, 0.6) is 11.5 Å². The number of hydrogen-bond donors (Lipinski definition) is 4. The summed E-state index contributed by atoms with van der Waals surface area (Å²) >= 11 is 13.7. The third-order valence-corrected chi connectivity index (χ3v) is 12.2. The zero-order chi connectivity index (χ0) is 45.4. The molecule has 0 saturated heterocycles. The molecule has 16 nitrogen and oxygen atoms in total. The lowest BCUT2D eigenvalue weighted by Crippen LogP contribution is -2.32. The molecule has 0 amide bonds. The van der Waals surface area contributed by atoms with Crippen molar-refractivity contribution < 1.29 is 28.7 Å². The van der Waals surface area contributed by atoms with E-state index in [0.717, 1.165) is 45.3 Å². The maximum atomic E-state index is 10.3. The molecule has 0 fully saturated rings. The summed E-state index contributed by atoms with van der Waals surface area (Å²) in [5, 5.41) is 35.9. The molecule has 0 unspecified atom stereocenters. The second kappa shape index (κ2) is 18.8. The number of halogens is 2. The largest absolute Gasteiger partial charge is 0.491 e. The second-order valence-corrected chi connectivity index (χ2v) is 17.1. The van der Waals surface area contributed by atoms with Crippen molar-refractivity contribution in [3.63, 3.8) is 0 Å². The van der Waals surface area contributed by atoms with Crippen molar-refractivity contribution in [2.75, 3.05) is 76.4 Å². The van der Waals surface area contributed by atoms with E-state index in [-0.39, 0.29) is 13.2 Å². The van der Waals surface area contributed by atoms with E-state index in [1.165, 1.54) is 11.1 Å². The Bertz CT molecular complexity index is 2500. The minimum atomic E-state index is -0.687. The van der Waals surface area contributed by atoms with E-state index >= 15 is 0 Å². The van der Waals surface area contributed by atoms with Gasteiger partial charge >= 0.3 is 0 Å². The average molecular weight is 912 g/mol. The van der Waals surface area contributed by atoms with E-state index in [1.54, 1.807) is 50.5 Å². The van der Waals surface area contributed by atoms with Crippen LogP contribution in [0, 0.1) is 41.5 Å². The zero-order valence-corrected chi connectivity index (χ0v) is 38.6. The molecule has 18 heteroatoms. The normalized spacial score (nSPS) is 14.8. The molecular formula is C46H52Cl2N10O6. The molecule has 2 aliphatic heterocycles. The third-order valence-electron chi connectivity index (χ3n) is 11.5. The summed E-state index contributed by atoms with van der Waals surface area (Å²) < 4.78 is 23.2. The SMILES string of the molecule is CNC[C@@H](O)COc1ccc(Cl)c(-c2nc(-c3c(C)noc3C)c(C)c(N3CC4=C(C3)CN(c3nc(-c5cc(OC[C@H](O)CNC)ccc5Cl)nc(-c5c(C)noc5C)c3C)C4)n2)c1. The van der Waals surface area contributed by atoms with Crippen LogP contribution >= 0.6 is 23.2 Å². The summed E-state index contributed by atoms with van der Waals surface area (Å²) in [5.41, 5.74) is 9.93. The van der Waals surface area contributed by atoms with E-state index in [0.29, 0.717) is 106 Å². The van der Waals surface area contributed by atoms with Gasteiger partial charge in [0.05, 0.1) is 43.9 Å². The number of hydrogen-bond acceptors (Lipinski definition) is 16.